The lowest BCUT2D eigenvalue weighted by atomic mass is 10.0. The molecule has 19 heavy (non-hydrogen) atoms. The Morgan fingerprint density at radius 1 is 1.26 bits per heavy atom. The Labute approximate surface area is 116 Å². The maximum atomic E-state index is 11.5. The van der Waals surface area contributed by atoms with E-state index in [0.29, 0.717) is 5.82 Å². The average molecular weight is 278 g/mol. The molecule has 0 radical (unpaired) electrons. The number of nitrogens with zero attached hydrogens (tertiary/aromatic N) is 1. The van der Waals surface area contributed by atoms with E-state index in [2.05, 4.69) is 41.3 Å². The molecule has 0 amide bonds. The standard InChI is InChI=1S/C14H16ClN3O/c1-3-9-6-5-7-10(4-2)12(9)18-13-11(15)14(19)17-8-16-13/h5-8H,3-4H2,1-2H3,(H2,16,17,18,19). The zero-order valence-electron chi connectivity index (χ0n) is 11.0. The summed E-state index contributed by atoms with van der Waals surface area (Å²) in [5.41, 5.74) is 3.01. The first-order chi connectivity index (χ1) is 9.17. The van der Waals surface area contributed by atoms with Crippen LogP contribution in [0.25, 0.3) is 0 Å². The summed E-state index contributed by atoms with van der Waals surface area (Å²) in [5.74, 6) is 0.390. The first-order valence-electron chi connectivity index (χ1n) is 6.28. The van der Waals surface area contributed by atoms with Crippen LogP contribution < -0.4 is 10.9 Å². The molecule has 4 nitrogen and oxygen atoms in total. The smallest absolute Gasteiger partial charge is 0.271 e. The predicted molar refractivity (Wildman–Crippen MR) is 78.3 cm³/mol. The molecule has 0 spiro atoms. The van der Waals surface area contributed by atoms with E-state index < -0.39 is 0 Å². The summed E-state index contributed by atoms with van der Waals surface area (Å²) in [6.07, 6.45) is 3.14. The number of benzene rings is 1. The van der Waals surface area contributed by atoms with Crippen LogP contribution in [0.3, 0.4) is 0 Å². The molecule has 0 unspecified atom stereocenters. The molecule has 2 rings (SSSR count). The van der Waals surface area contributed by atoms with Gasteiger partial charge in [-0.1, -0.05) is 43.6 Å². The zero-order valence-corrected chi connectivity index (χ0v) is 11.7. The number of aromatic nitrogens is 2. The highest BCUT2D eigenvalue weighted by Gasteiger charge is 2.11. The molecule has 0 saturated carbocycles. The highest BCUT2D eigenvalue weighted by molar-refractivity contribution is 6.32. The summed E-state index contributed by atoms with van der Waals surface area (Å²) in [5, 5.41) is 3.27. The minimum absolute atomic E-state index is 0.0791. The Hall–Kier alpha value is -1.81. The van der Waals surface area contributed by atoms with Gasteiger partial charge in [-0.15, -0.1) is 0 Å². The second kappa shape index (κ2) is 5.89. The molecule has 1 aromatic heterocycles. The summed E-state index contributed by atoms with van der Waals surface area (Å²) in [4.78, 5) is 18.0. The van der Waals surface area contributed by atoms with E-state index >= 15 is 0 Å². The third kappa shape index (κ3) is 2.79. The van der Waals surface area contributed by atoms with E-state index in [1.54, 1.807) is 0 Å². The van der Waals surface area contributed by atoms with Crippen molar-refractivity contribution in [2.24, 2.45) is 0 Å². The van der Waals surface area contributed by atoms with Crippen molar-refractivity contribution in [2.75, 3.05) is 5.32 Å². The SMILES string of the molecule is CCc1cccc(CC)c1Nc1nc[nH]c(=O)c1Cl. The monoisotopic (exact) mass is 277 g/mol. The molecule has 1 aromatic carbocycles. The molecule has 0 bridgehead atoms. The lowest BCUT2D eigenvalue weighted by Crippen LogP contribution is -2.11. The van der Waals surface area contributed by atoms with Gasteiger partial charge in [0.1, 0.15) is 5.02 Å². The molecule has 1 heterocycles. The molecule has 0 aliphatic rings. The third-order valence-corrected chi connectivity index (χ3v) is 3.39. The van der Waals surface area contributed by atoms with Crippen LogP contribution in [0, 0.1) is 0 Å². The van der Waals surface area contributed by atoms with Crippen molar-refractivity contribution in [2.45, 2.75) is 26.7 Å². The number of halogens is 1. The Kier molecular flexibility index (Phi) is 4.22. The van der Waals surface area contributed by atoms with Crippen molar-refractivity contribution in [1.82, 2.24) is 9.97 Å². The van der Waals surface area contributed by atoms with Gasteiger partial charge in [0.15, 0.2) is 5.82 Å². The van der Waals surface area contributed by atoms with Crippen molar-refractivity contribution in [3.63, 3.8) is 0 Å². The number of hydrogen-bond donors (Lipinski definition) is 2. The molecule has 100 valence electrons. The van der Waals surface area contributed by atoms with Crippen molar-refractivity contribution in [3.05, 3.63) is 51.0 Å². The molecule has 0 fully saturated rings. The van der Waals surface area contributed by atoms with E-state index in [4.69, 9.17) is 11.6 Å². The number of anilines is 2. The molecule has 2 N–H and O–H groups in total. The van der Waals surface area contributed by atoms with Gasteiger partial charge in [0, 0.05) is 5.69 Å². The van der Waals surface area contributed by atoms with Crippen LogP contribution in [0.2, 0.25) is 5.02 Å². The fourth-order valence-corrected chi connectivity index (χ4v) is 2.14. The van der Waals surface area contributed by atoms with Gasteiger partial charge < -0.3 is 10.3 Å². The second-order valence-corrected chi connectivity index (χ2v) is 4.56. The highest BCUT2D eigenvalue weighted by Crippen LogP contribution is 2.27. The van der Waals surface area contributed by atoms with Gasteiger partial charge in [-0.05, 0) is 24.0 Å². The van der Waals surface area contributed by atoms with Crippen LogP contribution >= 0.6 is 11.6 Å². The Morgan fingerprint density at radius 3 is 2.47 bits per heavy atom. The molecule has 2 aromatic rings. The Morgan fingerprint density at radius 2 is 1.89 bits per heavy atom. The van der Waals surface area contributed by atoms with Crippen LogP contribution in [0.5, 0.6) is 0 Å². The van der Waals surface area contributed by atoms with Gasteiger partial charge in [-0.3, -0.25) is 4.79 Å². The minimum Gasteiger partial charge on any atom is -0.338 e. The van der Waals surface area contributed by atoms with Crippen LogP contribution in [0.1, 0.15) is 25.0 Å². The molecule has 5 heteroatoms. The van der Waals surface area contributed by atoms with Crippen molar-refractivity contribution in [3.8, 4) is 0 Å². The van der Waals surface area contributed by atoms with Gasteiger partial charge in [0.25, 0.3) is 5.56 Å². The summed E-state index contributed by atoms with van der Waals surface area (Å²) in [6, 6.07) is 6.15. The highest BCUT2D eigenvalue weighted by atomic mass is 35.5. The largest absolute Gasteiger partial charge is 0.338 e. The Balaban J connectivity index is 2.48. The maximum Gasteiger partial charge on any atom is 0.271 e. The number of hydrogen-bond acceptors (Lipinski definition) is 3. The van der Waals surface area contributed by atoms with E-state index in [-0.39, 0.29) is 10.6 Å². The van der Waals surface area contributed by atoms with Gasteiger partial charge in [-0.2, -0.15) is 0 Å². The number of H-pyrrole nitrogens is 1. The summed E-state index contributed by atoms with van der Waals surface area (Å²) in [7, 11) is 0. The number of aryl methyl sites for hydroxylation is 2. The van der Waals surface area contributed by atoms with Gasteiger partial charge >= 0.3 is 0 Å². The summed E-state index contributed by atoms with van der Waals surface area (Å²) < 4.78 is 0. The summed E-state index contributed by atoms with van der Waals surface area (Å²) in [6.45, 7) is 4.18. The number of aromatic amines is 1. The quantitative estimate of drug-likeness (QED) is 0.901. The molecule has 0 aliphatic carbocycles. The van der Waals surface area contributed by atoms with E-state index in [1.165, 1.54) is 17.5 Å². The van der Waals surface area contributed by atoms with Gasteiger partial charge in [0.05, 0.1) is 6.33 Å². The van der Waals surface area contributed by atoms with Crippen LogP contribution in [0.4, 0.5) is 11.5 Å². The third-order valence-electron chi connectivity index (χ3n) is 3.04. The molecule has 0 atom stereocenters. The number of nitrogens with one attached hydrogen (secondary N) is 2. The van der Waals surface area contributed by atoms with Gasteiger partial charge in [-0.25, -0.2) is 4.98 Å². The van der Waals surface area contributed by atoms with Gasteiger partial charge in [0.2, 0.25) is 0 Å². The minimum atomic E-state index is -0.341. The van der Waals surface area contributed by atoms with E-state index in [0.717, 1.165) is 18.5 Å². The zero-order chi connectivity index (χ0) is 13.8. The normalized spacial score (nSPS) is 10.5. The van der Waals surface area contributed by atoms with E-state index in [9.17, 15) is 4.79 Å². The van der Waals surface area contributed by atoms with Crippen molar-refractivity contribution >= 4 is 23.1 Å². The molecule has 0 saturated heterocycles. The lowest BCUT2D eigenvalue weighted by molar-refractivity contribution is 1.07. The maximum absolute atomic E-state index is 11.5. The second-order valence-electron chi connectivity index (χ2n) is 4.18. The average Bonchev–Trinajstić information content (AvgIpc) is 2.44. The van der Waals surface area contributed by atoms with Crippen molar-refractivity contribution in [1.29, 1.82) is 0 Å². The molecular formula is C14H16ClN3O. The lowest BCUT2D eigenvalue weighted by Gasteiger charge is -2.15. The number of para-hydroxylation sites is 1. The summed E-state index contributed by atoms with van der Waals surface area (Å²) >= 11 is 5.97. The molecule has 0 aliphatic heterocycles. The predicted octanol–water partition coefficient (Wildman–Crippen LogP) is 3.29. The Bertz CT molecular complexity index is 615. The van der Waals surface area contributed by atoms with Crippen LogP contribution in [-0.2, 0) is 12.8 Å². The molecular weight excluding hydrogens is 262 g/mol. The number of rotatable bonds is 4. The topological polar surface area (TPSA) is 57.8 Å². The van der Waals surface area contributed by atoms with Crippen LogP contribution in [0.15, 0.2) is 29.3 Å². The first kappa shape index (κ1) is 13.6. The fraction of sp³-hybridized carbons (Fsp3) is 0.286. The van der Waals surface area contributed by atoms with E-state index in [1.807, 2.05) is 6.07 Å². The first-order valence-corrected chi connectivity index (χ1v) is 6.66. The fourth-order valence-electron chi connectivity index (χ4n) is 1.99. The van der Waals surface area contributed by atoms with Crippen LogP contribution in [-0.4, -0.2) is 9.97 Å². The van der Waals surface area contributed by atoms with Crippen molar-refractivity contribution < 1.29 is 0 Å².